The fraction of sp³-hybridized carbons (Fsp3) is 0.417. The molecule has 0 unspecified atom stereocenters. The van der Waals surface area contributed by atoms with Crippen molar-refractivity contribution in [1.82, 2.24) is 4.90 Å². The van der Waals surface area contributed by atoms with Gasteiger partial charge in [-0.15, -0.1) is 0 Å². The van der Waals surface area contributed by atoms with Crippen LogP contribution in [0.15, 0.2) is 18.2 Å². The molecule has 0 bridgehead atoms. The predicted molar refractivity (Wildman–Crippen MR) is 74.3 cm³/mol. The van der Waals surface area contributed by atoms with Crippen molar-refractivity contribution in [1.29, 1.82) is 0 Å². The predicted octanol–water partition coefficient (Wildman–Crippen LogP) is 2.95. The number of likely N-dealkylation sites (tertiary alicyclic amines) is 1. The van der Waals surface area contributed by atoms with Gasteiger partial charge < -0.3 is 16.0 Å². The molecule has 18 heavy (non-hydrogen) atoms. The molecule has 1 saturated heterocycles. The van der Waals surface area contributed by atoms with Gasteiger partial charge in [0.2, 0.25) is 0 Å². The third-order valence-corrected chi connectivity index (χ3v) is 3.48. The van der Waals surface area contributed by atoms with Gasteiger partial charge in [0.15, 0.2) is 0 Å². The lowest BCUT2D eigenvalue weighted by molar-refractivity contribution is 0.193. The number of hydrogen-bond donors (Lipinski definition) is 2. The highest BCUT2D eigenvalue weighted by molar-refractivity contribution is 6.35. The zero-order chi connectivity index (χ0) is 13.1. The van der Waals surface area contributed by atoms with E-state index in [9.17, 15) is 4.79 Å². The van der Waals surface area contributed by atoms with Crippen molar-refractivity contribution in [2.24, 2.45) is 5.73 Å². The van der Waals surface area contributed by atoms with Crippen molar-refractivity contribution in [2.45, 2.75) is 18.9 Å². The van der Waals surface area contributed by atoms with Crippen molar-refractivity contribution < 1.29 is 4.79 Å². The lowest BCUT2D eigenvalue weighted by atomic mass is 10.1. The molecule has 2 amide bonds. The average molecular weight is 288 g/mol. The van der Waals surface area contributed by atoms with Gasteiger partial charge in [-0.1, -0.05) is 23.2 Å². The Kier molecular flexibility index (Phi) is 4.32. The van der Waals surface area contributed by atoms with Crippen molar-refractivity contribution in [3.05, 3.63) is 28.2 Å². The zero-order valence-electron chi connectivity index (χ0n) is 9.83. The summed E-state index contributed by atoms with van der Waals surface area (Å²) >= 11 is 11.9. The fourth-order valence-electron chi connectivity index (χ4n) is 1.98. The van der Waals surface area contributed by atoms with E-state index in [2.05, 4.69) is 5.32 Å². The summed E-state index contributed by atoms with van der Waals surface area (Å²) < 4.78 is 0. The molecule has 6 heteroatoms. The molecular weight excluding hydrogens is 273 g/mol. The van der Waals surface area contributed by atoms with Crippen LogP contribution in [0.25, 0.3) is 0 Å². The fourth-order valence-corrected chi connectivity index (χ4v) is 2.32. The molecule has 0 radical (unpaired) electrons. The van der Waals surface area contributed by atoms with Crippen LogP contribution in [0.3, 0.4) is 0 Å². The number of carbonyl (C=O) groups is 1. The van der Waals surface area contributed by atoms with E-state index in [1.165, 1.54) is 0 Å². The minimum atomic E-state index is -0.186. The number of urea groups is 1. The number of nitrogens with two attached hydrogens (primary N) is 1. The second-order valence-electron chi connectivity index (χ2n) is 4.40. The summed E-state index contributed by atoms with van der Waals surface area (Å²) in [6.07, 6.45) is 1.89. The molecule has 0 spiro atoms. The van der Waals surface area contributed by atoms with E-state index in [4.69, 9.17) is 28.9 Å². The van der Waals surface area contributed by atoms with E-state index in [1.54, 1.807) is 23.1 Å². The summed E-state index contributed by atoms with van der Waals surface area (Å²) in [5.41, 5.74) is 6.36. The molecule has 2 rings (SSSR count). The molecule has 98 valence electrons. The molecule has 1 aliphatic heterocycles. The summed E-state index contributed by atoms with van der Waals surface area (Å²) in [6.45, 7) is 1.29. The average Bonchev–Trinajstić information content (AvgIpc) is 2.34. The number of carbonyl (C=O) groups excluding carboxylic acids is 1. The second kappa shape index (κ2) is 5.78. The number of nitrogens with one attached hydrogen (secondary N) is 1. The highest BCUT2D eigenvalue weighted by atomic mass is 35.5. The molecule has 1 aromatic carbocycles. The van der Waals surface area contributed by atoms with Crippen LogP contribution >= 0.6 is 23.2 Å². The van der Waals surface area contributed by atoms with Crippen molar-refractivity contribution in [3.63, 3.8) is 0 Å². The van der Waals surface area contributed by atoms with Crippen LogP contribution in [0.5, 0.6) is 0 Å². The Balaban J connectivity index is 2.04. The molecule has 1 aromatic rings. The highest BCUT2D eigenvalue weighted by Gasteiger charge is 2.21. The number of piperidine rings is 1. The molecule has 0 aromatic heterocycles. The number of hydrogen-bond acceptors (Lipinski definition) is 2. The van der Waals surface area contributed by atoms with E-state index in [1.807, 2.05) is 0 Å². The van der Waals surface area contributed by atoms with E-state index in [0.29, 0.717) is 22.3 Å². The van der Waals surface area contributed by atoms with Gasteiger partial charge in [-0.3, -0.25) is 0 Å². The number of halogens is 2. The largest absolute Gasteiger partial charge is 0.326 e. The van der Waals surface area contributed by atoms with Gasteiger partial charge in [0.05, 0.1) is 10.7 Å². The number of amides is 2. The first-order valence-electron chi connectivity index (χ1n) is 5.83. The SMILES string of the molecule is N[C@@H]1CCCN(C(=O)Nc2cc(Cl)ccc2Cl)C1. The van der Waals surface area contributed by atoms with Crippen LogP contribution in [0.1, 0.15) is 12.8 Å². The van der Waals surface area contributed by atoms with Crippen LogP contribution in [-0.2, 0) is 0 Å². The van der Waals surface area contributed by atoms with Crippen molar-refractivity contribution >= 4 is 34.9 Å². The monoisotopic (exact) mass is 287 g/mol. The lowest BCUT2D eigenvalue weighted by Crippen LogP contribution is -2.47. The topological polar surface area (TPSA) is 58.4 Å². The van der Waals surface area contributed by atoms with Gasteiger partial charge >= 0.3 is 6.03 Å². The van der Waals surface area contributed by atoms with Gasteiger partial charge in [0.25, 0.3) is 0 Å². The third kappa shape index (κ3) is 3.28. The Labute approximate surface area is 116 Å². The van der Waals surface area contributed by atoms with Crippen LogP contribution in [-0.4, -0.2) is 30.1 Å². The first-order chi connectivity index (χ1) is 8.56. The Bertz CT molecular complexity index is 453. The first kappa shape index (κ1) is 13.5. The number of nitrogens with zero attached hydrogens (tertiary/aromatic N) is 1. The van der Waals surface area contributed by atoms with Crippen LogP contribution in [0.4, 0.5) is 10.5 Å². The zero-order valence-corrected chi connectivity index (χ0v) is 11.3. The number of anilines is 1. The van der Waals surface area contributed by atoms with Gasteiger partial charge in [0, 0.05) is 24.2 Å². The summed E-state index contributed by atoms with van der Waals surface area (Å²) in [5, 5.41) is 3.76. The van der Waals surface area contributed by atoms with Crippen LogP contribution in [0, 0.1) is 0 Å². The number of benzene rings is 1. The Morgan fingerprint density at radius 1 is 1.44 bits per heavy atom. The normalized spacial score (nSPS) is 19.7. The summed E-state index contributed by atoms with van der Waals surface area (Å²) in [7, 11) is 0. The highest BCUT2D eigenvalue weighted by Crippen LogP contribution is 2.25. The standard InChI is InChI=1S/C12H15Cl2N3O/c13-8-3-4-10(14)11(6-8)16-12(18)17-5-1-2-9(15)7-17/h3-4,6,9H,1-2,5,7,15H2,(H,16,18)/t9-/m1/s1. The molecule has 1 atom stereocenters. The van der Waals surface area contributed by atoms with Crippen molar-refractivity contribution in [2.75, 3.05) is 18.4 Å². The summed E-state index contributed by atoms with van der Waals surface area (Å²) in [4.78, 5) is 13.7. The molecule has 4 nitrogen and oxygen atoms in total. The Morgan fingerprint density at radius 2 is 2.22 bits per heavy atom. The van der Waals surface area contributed by atoms with Crippen LogP contribution < -0.4 is 11.1 Å². The lowest BCUT2D eigenvalue weighted by Gasteiger charge is -2.30. The van der Waals surface area contributed by atoms with E-state index in [0.717, 1.165) is 19.4 Å². The van der Waals surface area contributed by atoms with Crippen molar-refractivity contribution in [3.8, 4) is 0 Å². The smallest absolute Gasteiger partial charge is 0.321 e. The quantitative estimate of drug-likeness (QED) is 0.834. The van der Waals surface area contributed by atoms with E-state index in [-0.39, 0.29) is 12.1 Å². The van der Waals surface area contributed by atoms with Gasteiger partial charge in [0.1, 0.15) is 0 Å². The Hall–Kier alpha value is -0.970. The van der Waals surface area contributed by atoms with E-state index < -0.39 is 0 Å². The van der Waals surface area contributed by atoms with Gasteiger partial charge in [-0.25, -0.2) is 4.79 Å². The van der Waals surface area contributed by atoms with Gasteiger partial charge in [-0.05, 0) is 31.0 Å². The van der Waals surface area contributed by atoms with Gasteiger partial charge in [-0.2, -0.15) is 0 Å². The molecule has 3 N–H and O–H groups in total. The third-order valence-electron chi connectivity index (χ3n) is 2.92. The second-order valence-corrected chi connectivity index (χ2v) is 5.25. The molecule has 0 aliphatic carbocycles. The number of rotatable bonds is 1. The molecule has 1 fully saturated rings. The molecule has 1 aliphatic rings. The maximum absolute atomic E-state index is 12.0. The summed E-state index contributed by atoms with van der Waals surface area (Å²) in [5.74, 6) is 0. The minimum Gasteiger partial charge on any atom is -0.326 e. The maximum Gasteiger partial charge on any atom is 0.321 e. The minimum absolute atomic E-state index is 0.0549. The van der Waals surface area contributed by atoms with Crippen LogP contribution in [0.2, 0.25) is 10.0 Å². The first-order valence-corrected chi connectivity index (χ1v) is 6.58. The molecule has 0 saturated carbocycles. The molecular formula is C12H15Cl2N3O. The molecule has 1 heterocycles. The van der Waals surface area contributed by atoms with E-state index >= 15 is 0 Å². The summed E-state index contributed by atoms with van der Waals surface area (Å²) in [6, 6.07) is 4.83. The Morgan fingerprint density at radius 3 is 2.94 bits per heavy atom. The maximum atomic E-state index is 12.0.